The van der Waals surface area contributed by atoms with Crippen molar-refractivity contribution < 1.29 is 14.4 Å². The molecule has 0 saturated heterocycles. The number of hydrogen-bond acceptors (Lipinski definition) is 5. The van der Waals surface area contributed by atoms with Gasteiger partial charge in [-0.05, 0) is 17.7 Å². The number of amides is 1. The van der Waals surface area contributed by atoms with Crippen molar-refractivity contribution in [3.8, 4) is 0 Å². The van der Waals surface area contributed by atoms with E-state index in [4.69, 9.17) is 32.3 Å². The van der Waals surface area contributed by atoms with Gasteiger partial charge in [-0.1, -0.05) is 29.8 Å². The number of primary amides is 1. The van der Waals surface area contributed by atoms with Gasteiger partial charge >= 0.3 is 0 Å². The second-order valence-electron chi connectivity index (χ2n) is 4.94. The first-order chi connectivity index (χ1) is 11.9. The standard InChI is InChI=1S/C15H17ClN4O.2CH2O/c1-19(2)13-6-4-3-5-10(13)8-20-9-11(16)7-12(14(20)17)15(18)21;2*1-2/h3-7,9,17H,8H2,1-2H3,(H2,18,21);2*1H2. The first-order valence-electron chi connectivity index (χ1n) is 6.97. The molecule has 2 rings (SSSR count). The van der Waals surface area contributed by atoms with Crippen LogP contribution in [0.15, 0.2) is 36.5 Å². The molecule has 25 heavy (non-hydrogen) atoms. The fourth-order valence-electron chi connectivity index (χ4n) is 2.19. The van der Waals surface area contributed by atoms with Crippen LogP contribution in [0.3, 0.4) is 0 Å². The van der Waals surface area contributed by atoms with Crippen molar-refractivity contribution in [1.29, 1.82) is 5.41 Å². The number of carbonyl (C=O) groups excluding carboxylic acids is 3. The zero-order valence-corrected chi connectivity index (χ0v) is 14.9. The topological polar surface area (TPSA) is 109 Å². The van der Waals surface area contributed by atoms with E-state index in [-0.39, 0.29) is 11.1 Å². The van der Waals surface area contributed by atoms with Crippen molar-refractivity contribution >= 4 is 36.8 Å². The van der Waals surface area contributed by atoms with E-state index in [1.54, 1.807) is 10.8 Å². The smallest absolute Gasteiger partial charge is 0.252 e. The Kier molecular flexibility index (Phi) is 9.51. The molecule has 3 N–H and O–H groups in total. The van der Waals surface area contributed by atoms with Crippen LogP contribution >= 0.6 is 11.6 Å². The van der Waals surface area contributed by atoms with Gasteiger partial charge in [0.1, 0.15) is 19.1 Å². The number of nitrogens with one attached hydrogen (secondary N) is 1. The Morgan fingerprint density at radius 2 is 1.80 bits per heavy atom. The Morgan fingerprint density at radius 3 is 2.32 bits per heavy atom. The second-order valence-corrected chi connectivity index (χ2v) is 5.37. The largest absolute Gasteiger partial charge is 0.377 e. The molecule has 0 saturated carbocycles. The number of rotatable bonds is 4. The average molecular weight is 365 g/mol. The molecular formula is C17H21ClN4O3. The number of hydrogen-bond donors (Lipinski definition) is 2. The minimum Gasteiger partial charge on any atom is -0.377 e. The van der Waals surface area contributed by atoms with Gasteiger partial charge in [0.25, 0.3) is 5.91 Å². The van der Waals surface area contributed by atoms with Gasteiger partial charge in [-0.3, -0.25) is 10.2 Å². The van der Waals surface area contributed by atoms with Crippen molar-refractivity contribution in [2.45, 2.75) is 6.54 Å². The zero-order valence-electron chi connectivity index (χ0n) is 14.2. The number of benzene rings is 1. The first-order valence-corrected chi connectivity index (χ1v) is 7.35. The van der Waals surface area contributed by atoms with Gasteiger partial charge in [-0.2, -0.15) is 0 Å². The minimum absolute atomic E-state index is 0.0560. The molecule has 0 aliphatic rings. The van der Waals surface area contributed by atoms with Crippen LogP contribution in [0.25, 0.3) is 0 Å². The average Bonchev–Trinajstić information content (AvgIpc) is 2.61. The zero-order chi connectivity index (χ0) is 19.6. The Bertz CT molecular complexity index is 773. The summed E-state index contributed by atoms with van der Waals surface area (Å²) in [6.45, 7) is 4.44. The number of halogens is 1. The Labute approximate surface area is 151 Å². The maximum absolute atomic E-state index is 11.4. The van der Waals surface area contributed by atoms with Crippen LogP contribution in [-0.2, 0) is 16.1 Å². The molecule has 2 aromatic rings. The summed E-state index contributed by atoms with van der Waals surface area (Å²) in [6.07, 6.45) is 1.63. The fourth-order valence-corrected chi connectivity index (χ4v) is 2.42. The van der Waals surface area contributed by atoms with Crippen LogP contribution in [-0.4, -0.2) is 38.1 Å². The molecule has 1 heterocycles. The molecule has 0 aliphatic heterocycles. The maximum Gasteiger partial charge on any atom is 0.252 e. The predicted molar refractivity (Wildman–Crippen MR) is 97.9 cm³/mol. The Hall–Kier alpha value is -2.93. The second kappa shape index (κ2) is 10.8. The highest BCUT2D eigenvalue weighted by Gasteiger charge is 2.10. The van der Waals surface area contributed by atoms with Gasteiger partial charge in [-0.25, -0.2) is 0 Å². The van der Waals surface area contributed by atoms with Gasteiger partial charge in [-0.15, -0.1) is 0 Å². The highest BCUT2D eigenvalue weighted by molar-refractivity contribution is 6.30. The summed E-state index contributed by atoms with van der Waals surface area (Å²) in [7, 11) is 3.91. The fraction of sp³-hybridized carbons (Fsp3) is 0.176. The molecule has 1 amide bonds. The molecule has 1 aromatic heterocycles. The van der Waals surface area contributed by atoms with E-state index in [1.807, 2.05) is 56.8 Å². The van der Waals surface area contributed by atoms with Crippen molar-refractivity contribution in [3.63, 3.8) is 0 Å². The molecule has 8 heteroatoms. The molecule has 0 spiro atoms. The molecule has 0 fully saturated rings. The minimum atomic E-state index is -0.655. The molecule has 134 valence electrons. The lowest BCUT2D eigenvalue weighted by Crippen LogP contribution is -2.30. The third-order valence-electron chi connectivity index (χ3n) is 3.18. The van der Waals surface area contributed by atoms with Crippen LogP contribution < -0.4 is 16.1 Å². The van der Waals surface area contributed by atoms with Crippen LogP contribution in [0.1, 0.15) is 15.9 Å². The van der Waals surface area contributed by atoms with E-state index in [2.05, 4.69) is 0 Å². The van der Waals surface area contributed by atoms with E-state index in [9.17, 15) is 4.79 Å². The number of nitrogens with two attached hydrogens (primary N) is 1. The summed E-state index contributed by atoms with van der Waals surface area (Å²) < 4.78 is 1.62. The van der Waals surface area contributed by atoms with Crippen molar-refractivity contribution in [2.75, 3.05) is 19.0 Å². The third kappa shape index (κ3) is 5.89. The van der Waals surface area contributed by atoms with E-state index < -0.39 is 5.91 Å². The predicted octanol–water partition coefficient (Wildman–Crippen LogP) is 1.46. The maximum atomic E-state index is 11.4. The van der Waals surface area contributed by atoms with Crippen molar-refractivity contribution in [1.82, 2.24) is 4.57 Å². The summed E-state index contributed by atoms with van der Waals surface area (Å²) in [5, 5.41) is 8.47. The Morgan fingerprint density at radius 1 is 1.24 bits per heavy atom. The lowest BCUT2D eigenvalue weighted by Gasteiger charge is -2.18. The summed E-state index contributed by atoms with van der Waals surface area (Å²) in [4.78, 5) is 29.4. The SMILES string of the molecule is C=O.C=O.CN(C)c1ccccc1Cn1cc(Cl)cc(C(N)=O)c1=N. The van der Waals surface area contributed by atoms with Crippen LogP contribution in [0.4, 0.5) is 5.69 Å². The van der Waals surface area contributed by atoms with Gasteiger partial charge in [0.05, 0.1) is 17.1 Å². The molecule has 1 aromatic carbocycles. The molecule has 0 aliphatic carbocycles. The molecule has 0 unspecified atom stereocenters. The van der Waals surface area contributed by atoms with Crippen molar-refractivity contribution in [2.24, 2.45) is 5.73 Å². The first kappa shape index (κ1) is 22.1. The number of carbonyl (C=O) groups is 3. The summed E-state index contributed by atoms with van der Waals surface area (Å²) in [5.41, 5.74) is 7.53. The summed E-state index contributed by atoms with van der Waals surface area (Å²) in [6, 6.07) is 9.29. The van der Waals surface area contributed by atoms with E-state index in [0.29, 0.717) is 11.6 Å². The van der Waals surface area contributed by atoms with E-state index >= 15 is 0 Å². The quantitative estimate of drug-likeness (QED) is 0.855. The highest BCUT2D eigenvalue weighted by atomic mass is 35.5. The van der Waals surface area contributed by atoms with Gasteiger partial charge in [0.2, 0.25) is 0 Å². The van der Waals surface area contributed by atoms with Gasteiger partial charge in [0.15, 0.2) is 0 Å². The normalized spacial score (nSPS) is 9.08. The number of pyridine rings is 1. The molecule has 0 bridgehead atoms. The summed E-state index contributed by atoms with van der Waals surface area (Å²) >= 11 is 6.01. The third-order valence-corrected chi connectivity index (χ3v) is 3.39. The van der Waals surface area contributed by atoms with Gasteiger partial charge in [0, 0.05) is 26.0 Å². The lowest BCUT2D eigenvalue weighted by atomic mass is 10.1. The molecule has 0 atom stereocenters. The monoisotopic (exact) mass is 364 g/mol. The van der Waals surface area contributed by atoms with Crippen LogP contribution in [0, 0.1) is 5.41 Å². The lowest BCUT2D eigenvalue weighted by molar-refractivity contribution is -0.0987. The van der Waals surface area contributed by atoms with E-state index in [1.165, 1.54) is 6.07 Å². The Balaban J connectivity index is 0.00000134. The molecule has 7 nitrogen and oxygen atoms in total. The van der Waals surface area contributed by atoms with Crippen molar-refractivity contribution in [3.05, 3.63) is 58.2 Å². The van der Waals surface area contributed by atoms with Gasteiger partial charge < -0.3 is 24.8 Å². The number of nitrogens with zero attached hydrogens (tertiary/aromatic N) is 2. The number of para-hydroxylation sites is 1. The number of aromatic nitrogens is 1. The highest BCUT2D eigenvalue weighted by Crippen LogP contribution is 2.19. The molecular weight excluding hydrogens is 344 g/mol. The number of anilines is 1. The molecule has 0 radical (unpaired) electrons. The van der Waals surface area contributed by atoms with Crippen LogP contribution in [0.2, 0.25) is 5.02 Å². The van der Waals surface area contributed by atoms with E-state index in [0.717, 1.165) is 11.3 Å². The van der Waals surface area contributed by atoms with Crippen LogP contribution in [0.5, 0.6) is 0 Å². The summed E-state index contributed by atoms with van der Waals surface area (Å²) in [5.74, 6) is -0.655.